The molecule has 3 aromatic rings. The molecule has 0 atom stereocenters. The average Bonchev–Trinajstić information content (AvgIpc) is 2.89. The van der Waals surface area contributed by atoms with Crippen LogP contribution in [0.1, 0.15) is 29.5 Å². The summed E-state index contributed by atoms with van der Waals surface area (Å²) in [6, 6.07) is 12.5. The molecule has 4 rings (SSSR count). The second-order valence-electron chi connectivity index (χ2n) is 5.77. The number of aryl methyl sites for hydroxylation is 2. The molecule has 0 fully saturated rings. The lowest BCUT2D eigenvalue weighted by atomic mass is 9.90. The van der Waals surface area contributed by atoms with Crippen LogP contribution in [0.2, 0.25) is 0 Å². The minimum Gasteiger partial charge on any atom is -0.488 e. The van der Waals surface area contributed by atoms with Crippen LogP contribution in [0.15, 0.2) is 46.4 Å². The van der Waals surface area contributed by atoms with Crippen molar-refractivity contribution in [2.75, 3.05) is 6.61 Å². The maximum absolute atomic E-state index is 5.99. The van der Waals surface area contributed by atoms with E-state index in [0.717, 1.165) is 28.0 Å². The molecule has 1 aliphatic heterocycles. The highest BCUT2D eigenvalue weighted by molar-refractivity contribution is 5.93. The Morgan fingerprint density at radius 3 is 2.59 bits per heavy atom. The van der Waals surface area contributed by atoms with Crippen molar-refractivity contribution in [3.05, 3.63) is 64.6 Å². The van der Waals surface area contributed by atoms with Gasteiger partial charge in [-0.1, -0.05) is 30.3 Å². The monoisotopic (exact) mass is 291 g/mol. The smallest absolute Gasteiger partial charge is 0.192 e. The molecular weight excluding hydrogens is 274 g/mol. The first kappa shape index (κ1) is 13.1. The summed E-state index contributed by atoms with van der Waals surface area (Å²) >= 11 is 0. The molecule has 2 heterocycles. The molecule has 1 aliphatic rings. The van der Waals surface area contributed by atoms with Crippen molar-refractivity contribution in [2.45, 2.75) is 20.8 Å². The van der Waals surface area contributed by atoms with Gasteiger partial charge in [0.2, 0.25) is 0 Å². The molecule has 0 saturated carbocycles. The predicted octanol–water partition coefficient (Wildman–Crippen LogP) is 4.66. The van der Waals surface area contributed by atoms with Crippen LogP contribution in [-0.4, -0.2) is 11.6 Å². The first-order valence-electron chi connectivity index (χ1n) is 7.44. The summed E-state index contributed by atoms with van der Waals surface area (Å²) in [6.07, 6.45) is 0. The maximum Gasteiger partial charge on any atom is 0.192 e. The molecule has 0 bridgehead atoms. The number of fused-ring (bicyclic) bond motifs is 2. The Morgan fingerprint density at radius 1 is 1.05 bits per heavy atom. The zero-order valence-corrected chi connectivity index (χ0v) is 12.9. The number of hydrogen-bond acceptors (Lipinski definition) is 3. The van der Waals surface area contributed by atoms with Gasteiger partial charge in [0.25, 0.3) is 0 Å². The SMILES string of the molecule is CC1=C(c2ccccc2)c2cc3nc(C)oc3c(C)c2OC1. The van der Waals surface area contributed by atoms with Gasteiger partial charge in [-0.2, -0.15) is 0 Å². The van der Waals surface area contributed by atoms with Gasteiger partial charge in [0.05, 0.1) is 0 Å². The highest BCUT2D eigenvalue weighted by Crippen LogP contribution is 2.42. The van der Waals surface area contributed by atoms with E-state index in [1.54, 1.807) is 0 Å². The molecule has 2 aromatic carbocycles. The molecular formula is C19H17NO2. The van der Waals surface area contributed by atoms with Crippen molar-refractivity contribution in [1.82, 2.24) is 4.98 Å². The van der Waals surface area contributed by atoms with E-state index in [-0.39, 0.29) is 0 Å². The first-order valence-corrected chi connectivity index (χ1v) is 7.44. The quantitative estimate of drug-likeness (QED) is 0.654. The molecule has 3 nitrogen and oxygen atoms in total. The Hall–Kier alpha value is -2.55. The molecule has 0 aliphatic carbocycles. The molecule has 0 unspecified atom stereocenters. The lowest BCUT2D eigenvalue weighted by Crippen LogP contribution is -2.11. The van der Waals surface area contributed by atoms with Gasteiger partial charge >= 0.3 is 0 Å². The molecule has 0 N–H and O–H groups in total. The Bertz CT molecular complexity index is 904. The van der Waals surface area contributed by atoms with Crippen LogP contribution in [0.5, 0.6) is 5.75 Å². The summed E-state index contributed by atoms with van der Waals surface area (Å²) in [5, 5.41) is 0. The van der Waals surface area contributed by atoms with Crippen molar-refractivity contribution in [2.24, 2.45) is 0 Å². The van der Waals surface area contributed by atoms with E-state index in [0.29, 0.717) is 12.5 Å². The third kappa shape index (κ3) is 1.86. The largest absolute Gasteiger partial charge is 0.488 e. The van der Waals surface area contributed by atoms with E-state index in [2.05, 4.69) is 42.2 Å². The summed E-state index contributed by atoms with van der Waals surface area (Å²) in [5.41, 5.74) is 7.53. The summed E-state index contributed by atoms with van der Waals surface area (Å²) in [7, 11) is 0. The summed E-state index contributed by atoms with van der Waals surface area (Å²) < 4.78 is 11.7. The van der Waals surface area contributed by atoms with Gasteiger partial charge in [0, 0.05) is 18.1 Å². The zero-order chi connectivity index (χ0) is 15.3. The predicted molar refractivity (Wildman–Crippen MR) is 87.1 cm³/mol. The van der Waals surface area contributed by atoms with E-state index < -0.39 is 0 Å². The van der Waals surface area contributed by atoms with Crippen LogP contribution < -0.4 is 4.74 Å². The minimum atomic E-state index is 0.608. The summed E-state index contributed by atoms with van der Waals surface area (Å²) in [4.78, 5) is 4.49. The van der Waals surface area contributed by atoms with Crippen molar-refractivity contribution in [3.8, 4) is 5.75 Å². The average molecular weight is 291 g/mol. The summed E-state index contributed by atoms with van der Waals surface area (Å²) in [6.45, 7) is 6.64. The van der Waals surface area contributed by atoms with Crippen LogP contribution in [0.3, 0.4) is 0 Å². The highest BCUT2D eigenvalue weighted by atomic mass is 16.5. The van der Waals surface area contributed by atoms with E-state index in [4.69, 9.17) is 9.15 Å². The van der Waals surface area contributed by atoms with Crippen LogP contribution in [0, 0.1) is 13.8 Å². The Kier molecular flexibility index (Phi) is 2.83. The highest BCUT2D eigenvalue weighted by Gasteiger charge is 2.24. The number of benzene rings is 2. The fraction of sp³-hybridized carbons (Fsp3) is 0.211. The van der Waals surface area contributed by atoms with Gasteiger partial charge in [0.15, 0.2) is 11.5 Å². The lowest BCUT2D eigenvalue weighted by Gasteiger charge is -2.24. The van der Waals surface area contributed by atoms with Crippen LogP contribution in [-0.2, 0) is 0 Å². The fourth-order valence-corrected chi connectivity index (χ4v) is 3.18. The van der Waals surface area contributed by atoms with Gasteiger partial charge in [-0.15, -0.1) is 0 Å². The van der Waals surface area contributed by atoms with E-state index in [1.807, 2.05) is 19.9 Å². The van der Waals surface area contributed by atoms with Crippen LogP contribution >= 0.6 is 0 Å². The molecule has 1 aromatic heterocycles. The molecule has 110 valence electrons. The zero-order valence-electron chi connectivity index (χ0n) is 12.9. The molecule has 22 heavy (non-hydrogen) atoms. The lowest BCUT2D eigenvalue weighted by molar-refractivity contribution is 0.343. The van der Waals surface area contributed by atoms with E-state index in [1.165, 1.54) is 16.7 Å². The first-order chi connectivity index (χ1) is 10.6. The number of rotatable bonds is 1. The van der Waals surface area contributed by atoms with E-state index in [9.17, 15) is 0 Å². The van der Waals surface area contributed by atoms with Gasteiger partial charge in [-0.3, -0.25) is 0 Å². The molecule has 3 heteroatoms. The standard InChI is InChI=1S/C19H17NO2/c1-11-10-21-18-12(2)19-16(20-13(3)22-19)9-15(18)17(11)14-7-5-4-6-8-14/h4-9H,10H2,1-3H3. The minimum absolute atomic E-state index is 0.608. The van der Waals surface area contributed by atoms with Gasteiger partial charge in [-0.05, 0) is 36.6 Å². The number of oxazole rings is 1. The van der Waals surface area contributed by atoms with Crippen LogP contribution in [0.25, 0.3) is 16.7 Å². The second kappa shape index (κ2) is 4.73. The van der Waals surface area contributed by atoms with Crippen molar-refractivity contribution in [1.29, 1.82) is 0 Å². The Balaban J connectivity index is 2.04. The van der Waals surface area contributed by atoms with Crippen molar-refractivity contribution >= 4 is 16.7 Å². The molecule has 0 amide bonds. The topological polar surface area (TPSA) is 35.3 Å². The van der Waals surface area contributed by atoms with Gasteiger partial charge in [-0.25, -0.2) is 4.98 Å². The molecule has 0 saturated heterocycles. The van der Waals surface area contributed by atoms with Gasteiger partial charge in [0.1, 0.15) is 17.9 Å². The van der Waals surface area contributed by atoms with Gasteiger partial charge < -0.3 is 9.15 Å². The number of hydrogen-bond donors (Lipinski definition) is 0. The molecule has 0 radical (unpaired) electrons. The Morgan fingerprint density at radius 2 is 1.82 bits per heavy atom. The summed E-state index contributed by atoms with van der Waals surface area (Å²) in [5.74, 6) is 1.59. The fourth-order valence-electron chi connectivity index (χ4n) is 3.18. The van der Waals surface area contributed by atoms with Crippen LogP contribution in [0.4, 0.5) is 0 Å². The normalized spacial score (nSPS) is 14.1. The van der Waals surface area contributed by atoms with Crippen molar-refractivity contribution in [3.63, 3.8) is 0 Å². The Labute approximate surface area is 129 Å². The third-order valence-electron chi connectivity index (χ3n) is 4.16. The third-order valence-corrected chi connectivity index (χ3v) is 4.16. The van der Waals surface area contributed by atoms with Crippen molar-refractivity contribution < 1.29 is 9.15 Å². The number of aromatic nitrogens is 1. The number of ether oxygens (including phenoxy) is 1. The molecule has 0 spiro atoms. The second-order valence-corrected chi connectivity index (χ2v) is 5.77. The van der Waals surface area contributed by atoms with E-state index >= 15 is 0 Å². The maximum atomic E-state index is 5.99. The number of nitrogens with zero attached hydrogens (tertiary/aromatic N) is 1.